The van der Waals surface area contributed by atoms with Gasteiger partial charge in [-0.2, -0.15) is 0 Å². The summed E-state index contributed by atoms with van der Waals surface area (Å²) in [6.45, 7) is 9.12. The van der Waals surface area contributed by atoms with Crippen molar-refractivity contribution in [1.82, 2.24) is 0 Å². The Hall–Kier alpha value is -0.120. The van der Waals surface area contributed by atoms with Crippen LogP contribution in [0, 0.1) is 34.5 Å². The topological polar surface area (TPSA) is 31.0 Å². The van der Waals surface area contributed by atoms with Crippen LogP contribution in [-0.2, 0) is 14.2 Å². The van der Waals surface area contributed by atoms with Gasteiger partial charge >= 0.3 is 0 Å². The molecule has 6 aliphatic rings. The molecule has 140 valence electrons. The number of fused-ring (bicyclic) bond motifs is 5. The SMILES string of the molecule is C[C@H]1CC[C@]2(C)[C@H]3CC[C@@]4(C)[C@@H](CCC45OCCO5)[C@@H]3C[C@H]3O[C@]32C1. The van der Waals surface area contributed by atoms with Crippen molar-refractivity contribution in [1.29, 1.82) is 0 Å². The summed E-state index contributed by atoms with van der Waals surface area (Å²) >= 11 is 0. The lowest BCUT2D eigenvalue weighted by molar-refractivity contribution is -0.245. The van der Waals surface area contributed by atoms with Gasteiger partial charge in [-0.1, -0.05) is 20.8 Å². The Morgan fingerprint density at radius 1 is 0.840 bits per heavy atom. The lowest BCUT2D eigenvalue weighted by Crippen LogP contribution is -2.59. The molecule has 4 aliphatic carbocycles. The summed E-state index contributed by atoms with van der Waals surface area (Å²) in [7, 11) is 0. The van der Waals surface area contributed by atoms with E-state index < -0.39 is 0 Å². The van der Waals surface area contributed by atoms with Crippen molar-refractivity contribution in [2.24, 2.45) is 34.5 Å². The molecule has 2 heterocycles. The molecule has 0 unspecified atom stereocenters. The summed E-state index contributed by atoms with van der Waals surface area (Å²) in [4.78, 5) is 0. The fraction of sp³-hybridized carbons (Fsp3) is 1.00. The maximum absolute atomic E-state index is 6.57. The van der Waals surface area contributed by atoms with Crippen LogP contribution >= 0.6 is 0 Å². The molecule has 6 rings (SSSR count). The lowest BCUT2D eigenvalue weighted by atomic mass is 9.44. The van der Waals surface area contributed by atoms with Crippen molar-refractivity contribution in [3.63, 3.8) is 0 Å². The summed E-state index contributed by atoms with van der Waals surface area (Å²) in [6.07, 6.45) is 11.0. The van der Waals surface area contributed by atoms with E-state index in [1.54, 1.807) is 0 Å². The fourth-order valence-corrected chi connectivity index (χ4v) is 8.79. The van der Waals surface area contributed by atoms with Crippen LogP contribution in [0.1, 0.15) is 72.1 Å². The molecule has 8 atom stereocenters. The molecule has 0 aromatic carbocycles. The second kappa shape index (κ2) is 4.64. The van der Waals surface area contributed by atoms with Gasteiger partial charge in [-0.05, 0) is 68.6 Å². The maximum atomic E-state index is 6.57. The van der Waals surface area contributed by atoms with Gasteiger partial charge in [0, 0.05) is 17.3 Å². The number of epoxide rings is 1. The third-order valence-corrected chi connectivity index (χ3v) is 10.1. The standard InChI is InChI=1S/C22H34O3/c1-14-4-7-19(2)16-5-8-20(3)17(6-9-22(20)23-10-11-24-22)15(16)12-18-21(19,13-14)25-18/h14-18H,4-13H2,1-3H3/t14-,15+,16-,17-,18+,19+,20-,21+/m0/s1. The molecule has 6 fully saturated rings. The monoisotopic (exact) mass is 346 g/mol. The fourth-order valence-electron chi connectivity index (χ4n) is 8.79. The predicted octanol–water partition coefficient (Wildman–Crippen LogP) is 4.54. The molecule has 3 heteroatoms. The van der Waals surface area contributed by atoms with Crippen LogP contribution in [0.15, 0.2) is 0 Å². The second-order valence-electron chi connectivity index (χ2n) is 10.8. The van der Waals surface area contributed by atoms with E-state index in [1.807, 2.05) is 0 Å². The first-order valence-corrected chi connectivity index (χ1v) is 10.9. The Morgan fingerprint density at radius 2 is 1.52 bits per heavy atom. The molecule has 3 nitrogen and oxygen atoms in total. The van der Waals surface area contributed by atoms with E-state index in [0.717, 1.165) is 43.3 Å². The van der Waals surface area contributed by atoms with Crippen molar-refractivity contribution < 1.29 is 14.2 Å². The van der Waals surface area contributed by atoms with Crippen LogP contribution in [0.3, 0.4) is 0 Å². The van der Waals surface area contributed by atoms with Gasteiger partial charge in [-0.3, -0.25) is 0 Å². The largest absolute Gasteiger partial charge is 0.365 e. The van der Waals surface area contributed by atoms with E-state index >= 15 is 0 Å². The van der Waals surface area contributed by atoms with Gasteiger partial charge in [0.25, 0.3) is 0 Å². The number of rotatable bonds is 0. The second-order valence-corrected chi connectivity index (χ2v) is 10.8. The molecule has 25 heavy (non-hydrogen) atoms. The van der Waals surface area contributed by atoms with E-state index in [-0.39, 0.29) is 16.8 Å². The van der Waals surface area contributed by atoms with E-state index in [2.05, 4.69) is 20.8 Å². The summed E-state index contributed by atoms with van der Waals surface area (Å²) in [5.74, 6) is 3.03. The molecule has 2 aliphatic heterocycles. The van der Waals surface area contributed by atoms with E-state index in [9.17, 15) is 0 Å². The van der Waals surface area contributed by atoms with Gasteiger partial charge in [0.15, 0.2) is 5.79 Å². The highest BCUT2D eigenvalue weighted by molar-refractivity contribution is 5.24. The molecule has 0 N–H and O–H groups in total. The van der Waals surface area contributed by atoms with Gasteiger partial charge < -0.3 is 14.2 Å². The molecular weight excluding hydrogens is 312 g/mol. The van der Waals surface area contributed by atoms with Crippen LogP contribution in [0.25, 0.3) is 0 Å². The van der Waals surface area contributed by atoms with Crippen molar-refractivity contribution in [3.8, 4) is 0 Å². The highest BCUT2D eigenvalue weighted by Gasteiger charge is 2.77. The van der Waals surface area contributed by atoms with Crippen LogP contribution in [0.5, 0.6) is 0 Å². The molecule has 2 saturated heterocycles. The normalized spacial score (nSPS) is 61.3. The number of hydrogen-bond donors (Lipinski definition) is 0. The summed E-state index contributed by atoms with van der Waals surface area (Å²) < 4.78 is 19.1. The van der Waals surface area contributed by atoms with Crippen LogP contribution in [0.2, 0.25) is 0 Å². The summed E-state index contributed by atoms with van der Waals surface area (Å²) in [5.41, 5.74) is 0.885. The first kappa shape index (κ1) is 15.9. The average Bonchev–Trinajstić information content (AvgIpc) is 2.95. The molecule has 4 saturated carbocycles. The van der Waals surface area contributed by atoms with Crippen molar-refractivity contribution in [2.45, 2.75) is 89.6 Å². The smallest absolute Gasteiger partial charge is 0.174 e. The Balaban J connectivity index is 1.36. The molecule has 2 spiro atoms. The summed E-state index contributed by atoms with van der Waals surface area (Å²) in [5, 5.41) is 0. The average molecular weight is 347 g/mol. The number of ether oxygens (including phenoxy) is 3. The Bertz CT molecular complexity index is 598. The zero-order valence-corrected chi connectivity index (χ0v) is 16.2. The first-order valence-electron chi connectivity index (χ1n) is 10.9. The highest BCUT2D eigenvalue weighted by Crippen LogP contribution is 2.75. The van der Waals surface area contributed by atoms with Gasteiger partial charge in [-0.25, -0.2) is 0 Å². The third-order valence-electron chi connectivity index (χ3n) is 10.1. The zero-order valence-electron chi connectivity index (χ0n) is 16.2. The van der Waals surface area contributed by atoms with Gasteiger partial charge in [0.1, 0.15) is 5.60 Å². The van der Waals surface area contributed by atoms with Crippen LogP contribution < -0.4 is 0 Å². The van der Waals surface area contributed by atoms with E-state index in [0.29, 0.717) is 11.5 Å². The Morgan fingerprint density at radius 3 is 2.32 bits per heavy atom. The first-order chi connectivity index (χ1) is 11.9. The molecule has 0 aromatic rings. The zero-order chi connectivity index (χ0) is 17.1. The van der Waals surface area contributed by atoms with Crippen LogP contribution in [0.4, 0.5) is 0 Å². The van der Waals surface area contributed by atoms with Crippen molar-refractivity contribution in [3.05, 3.63) is 0 Å². The van der Waals surface area contributed by atoms with Gasteiger partial charge in [-0.15, -0.1) is 0 Å². The minimum Gasteiger partial charge on any atom is -0.365 e. The van der Waals surface area contributed by atoms with Gasteiger partial charge in [0.2, 0.25) is 0 Å². The minimum atomic E-state index is -0.260. The molecule has 0 radical (unpaired) electrons. The minimum absolute atomic E-state index is 0.220. The van der Waals surface area contributed by atoms with E-state index in [1.165, 1.54) is 44.9 Å². The Kier molecular flexibility index (Phi) is 2.95. The van der Waals surface area contributed by atoms with E-state index in [4.69, 9.17) is 14.2 Å². The van der Waals surface area contributed by atoms with Gasteiger partial charge in [0.05, 0.1) is 19.3 Å². The predicted molar refractivity (Wildman–Crippen MR) is 95.0 cm³/mol. The molecule has 0 aromatic heterocycles. The van der Waals surface area contributed by atoms with Crippen molar-refractivity contribution >= 4 is 0 Å². The van der Waals surface area contributed by atoms with Crippen LogP contribution in [-0.4, -0.2) is 30.7 Å². The molecule has 0 amide bonds. The molecular formula is C22H34O3. The Labute approximate surface area is 152 Å². The summed E-state index contributed by atoms with van der Waals surface area (Å²) in [6, 6.07) is 0. The quantitative estimate of drug-likeness (QED) is 0.603. The lowest BCUT2D eigenvalue weighted by Gasteiger charge is -2.60. The third kappa shape index (κ3) is 1.66. The molecule has 0 bridgehead atoms. The number of hydrogen-bond acceptors (Lipinski definition) is 3. The van der Waals surface area contributed by atoms with Crippen molar-refractivity contribution in [2.75, 3.05) is 13.2 Å². The highest BCUT2D eigenvalue weighted by atomic mass is 16.7. The maximum Gasteiger partial charge on any atom is 0.174 e.